The lowest BCUT2D eigenvalue weighted by molar-refractivity contribution is 0.0618. The third kappa shape index (κ3) is 2.59. The normalized spacial score (nSPS) is 18.9. The van der Waals surface area contributed by atoms with E-state index in [1.807, 2.05) is 30.3 Å². The van der Waals surface area contributed by atoms with Crippen LogP contribution in [0.4, 0.5) is 0 Å². The van der Waals surface area contributed by atoms with Gasteiger partial charge in [-0.2, -0.15) is 0 Å². The molecule has 0 radical (unpaired) electrons. The molecule has 3 rings (SSSR count). The number of aliphatic hydroxyl groups excluding tert-OH is 1. The van der Waals surface area contributed by atoms with E-state index in [0.29, 0.717) is 24.0 Å². The van der Waals surface area contributed by atoms with Gasteiger partial charge in [0.15, 0.2) is 0 Å². The number of benzene rings is 2. The Morgan fingerprint density at radius 1 is 1.24 bits per heavy atom. The van der Waals surface area contributed by atoms with Crippen molar-refractivity contribution < 1.29 is 15.0 Å². The monoisotopic (exact) mass is 285 g/mol. The van der Waals surface area contributed by atoms with Gasteiger partial charge in [-0.25, -0.2) is 0 Å². The number of carbonyl (C=O) groups is 1. The number of fused-ring (bicyclic) bond motifs is 1. The Bertz CT molecular complexity index is 668. The number of phenolic OH excluding ortho intramolecular Hbond substituents is 1. The smallest absolute Gasteiger partial charge is 0.257 e. The van der Waals surface area contributed by atoms with Gasteiger partial charge in [0.2, 0.25) is 0 Å². The lowest BCUT2D eigenvalue weighted by Gasteiger charge is -2.32. The van der Waals surface area contributed by atoms with Crippen LogP contribution in [-0.4, -0.2) is 40.7 Å². The molecular formula is C17H19NO3. The Balaban J connectivity index is 1.92. The van der Waals surface area contributed by atoms with Gasteiger partial charge in [0, 0.05) is 25.1 Å². The molecule has 4 heteroatoms. The molecule has 0 spiro atoms. The van der Waals surface area contributed by atoms with Crippen molar-refractivity contribution in [3.63, 3.8) is 0 Å². The van der Waals surface area contributed by atoms with Gasteiger partial charge in [0.05, 0.1) is 5.56 Å². The van der Waals surface area contributed by atoms with Crippen molar-refractivity contribution >= 4 is 16.7 Å². The number of carbonyl (C=O) groups excluding carboxylic acids is 1. The molecule has 1 amide bonds. The average molecular weight is 285 g/mol. The molecule has 2 aromatic carbocycles. The first-order valence-electron chi connectivity index (χ1n) is 7.31. The summed E-state index contributed by atoms with van der Waals surface area (Å²) in [5.74, 6) is 0.0333. The highest BCUT2D eigenvalue weighted by Crippen LogP contribution is 2.30. The second kappa shape index (κ2) is 5.74. The quantitative estimate of drug-likeness (QED) is 0.890. The molecule has 1 aliphatic rings. The first-order chi connectivity index (χ1) is 10.2. The van der Waals surface area contributed by atoms with E-state index in [9.17, 15) is 15.0 Å². The van der Waals surface area contributed by atoms with Gasteiger partial charge < -0.3 is 15.1 Å². The topological polar surface area (TPSA) is 60.8 Å². The van der Waals surface area contributed by atoms with Crippen molar-refractivity contribution in [3.05, 3.63) is 42.0 Å². The number of nitrogens with zero attached hydrogens (tertiary/aromatic N) is 1. The molecule has 1 fully saturated rings. The molecule has 1 unspecified atom stereocenters. The largest absolute Gasteiger partial charge is 0.506 e. The molecule has 1 heterocycles. The fourth-order valence-corrected chi connectivity index (χ4v) is 3.00. The van der Waals surface area contributed by atoms with Crippen LogP contribution < -0.4 is 0 Å². The van der Waals surface area contributed by atoms with Crippen LogP contribution >= 0.6 is 0 Å². The molecule has 0 aromatic heterocycles. The Morgan fingerprint density at radius 2 is 2.05 bits per heavy atom. The highest BCUT2D eigenvalue weighted by atomic mass is 16.3. The fraction of sp³-hybridized carbons (Fsp3) is 0.353. The van der Waals surface area contributed by atoms with Crippen molar-refractivity contribution in [1.29, 1.82) is 0 Å². The zero-order valence-electron chi connectivity index (χ0n) is 11.8. The second-order valence-electron chi connectivity index (χ2n) is 5.62. The first kappa shape index (κ1) is 13.9. The predicted molar refractivity (Wildman–Crippen MR) is 81.3 cm³/mol. The number of rotatable bonds is 2. The Hall–Kier alpha value is -2.07. The van der Waals surface area contributed by atoms with Crippen LogP contribution in [0.25, 0.3) is 10.8 Å². The van der Waals surface area contributed by atoms with Gasteiger partial charge in [-0.1, -0.05) is 30.3 Å². The summed E-state index contributed by atoms with van der Waals surface area (Å²) in [6.07, 6.45) is 1.84. The molecule has 1 saturated heterocycles. The maximum atomic E-state index is 12.6. The summed E-state index contributed by atoms with van der Waals surface area (Å²) in [6.45, 7) is 1.34. The van der Waals surface area contributed by atoms with Crippen LogP contribution in [-0.2, 0) is 0 Å². The lowest BCUT2D eigenvalue weighted by atomic mass is 9.97. The SMILES string of the molecule is O=C(c1ccc2ccccc2c1O)N1CCCC(CO)C1. The molecule has 110 valence electrons. The fourth-order valence-electron chi connectivity index (χ4n) is 3.00. The van der Waals surface area contributed by atoms with Gasteiger partial charge >= 0.3 is 0 Å². The summed E-state index contributed by atoms with van der Waals surface area (Å²) in [7, 11) is 0. The maximum Gasteiger partial charge on any atom is 0.257 e. The highest BCUT2D eigenvalue weighted by molar-refractivity contribution is 6.03. The van der Waals surface area contributed by atoms with Gasteiger partial charge in [0.1, 0.15) is 5.75 Å². The van der Waals surface area contributed by atoms with E-state index in [1.54, 1.807) is 11.0 Å². The summed E-state index contributed by atoms with van der Waals surface area (Å²) in [5, 5.41) is 21.3. The first-order valence-corrected chi connectivity index (χ1v) is 7.31. The summed E-state index contributed by atoms with van der Waals surface area (Å²) in [5.41, 5.74) is 0.340. The van der Waals surface area contributed by atoms with Crippen LogP contribution in [0.5, 0.6) is 5.75 Å². The summed E-state index contributed by atoms with van der Waals surface area (Å²) >= 11 is 0. The van der Waals surface area contributed by atoms with E-state index in [0.717, 1.165) is 18.2 Å². The minimum absolute atomic E-state index is 0.0456. The number of aromatic hydroxyl groups is 1. The van der Waals surface area contributed by atoms with E-state index >= 15 is 0 Å². The minimum atomic E-state index is -0.156. The van der Waals surface area contributed by atoms with E-state index < -0.39 is 0 Å². The molecule has 1 aliphatic heterocycles. The number of phenols is 1. The van der Waals surface area contributed by atoms with Crippen molar-refractivity contribution in [1.82, 2.24) is 4.90 Å². The lowest BCUT2D eigenvalue weighted by Crippen LogP contribution is -2.40. The highest BCUT2D eigenvalue weighted by Gasteiger charge is 2.26. The number of piperidine rings is 1. The molecule has 21 heavy (non-hydrogen) atoms. The molecule has 1 atom stereocenters. The van der Waals surface area contributed by atoms with Crippen molar-refractivity contribution in [3.8, 4) is 5.75 Å². The zero-order chi connectivity index (χ0) is 14.8. The van der Waals surface area contributed by atoms with E-state index in [4.69, 9.17) is 0 Å². The van der Waals surface area contributed by atoms with Crippen LogP contribution in [0, 0.1) is 5.92 Å². The third-order valence-electron chi connectivity index (χ3n) is 4.20. The molecule has 0 saturated carbocycles. The van der Waals surface area contributed by atoms with Gasteiger partial charge in [-0.05, 0) is 30.2 Å². The average Bonchev–Trinajstić information content (AvgIpc) is 2.55. The molecule has 0 bridgehead atoms. The number of hydrogen-bond acceptors (Lipinski definition) is 3. The second-order valence-corrected chi connectivity index (χ2v) is 5.62. The molecule has 2 aromatic rings. The van der Waals surface area contributed by atoms with E-state index in [-0.39, 0.29) is 24.2 Å². The van der Waals surface area contributed by atoms with Crippen LogP contribution in [0.3, 0.4) is 0 Å². The van der Waals surface area contributed by atoms with Crippen molar-refractivity contribution in [2.24, 2.45) is 5.92 Å². The van der Waals surface area contributed by atoms with E-state index in [1.165, 1.54) is 0 Å². The number of amides is 1. The predicted octanol–water partition coefficient (Wildman–Crippen LogP) is 2.39. The van der Waals surface area contributed by atoms with Gasteiger partial charge in [0.25, 0.3) is 5.91 Å². The summed E-state index contributed by atoms with van der Waals surface area (Å²) < 4.78 is 0. The van der Waals surface area contributed by atoms with Crippen LogP contribution in [0.1, 0.15) is 23.2 Å². The van der Waals surface area contributed by atoms with Crippen molar-refractivity contribution in [2.75, 3.05) is 19.7 Å². The summed E-state index contributed by atoms with van der Waals surface area (Å²) in [6, 6.07) is 11.0. The van der Waals surface area contributed by atoms with Crippen LogP contribution in [0.2, 0.25) is 0 Å². The molecule has 4 nitrogen and oxygen atoms in total. The number of aliphatic hydroxyl groups is 1. The molecular weight excluding hydrogens is 266 g/mol. The Labute approximate surface area is 123 Å². The van der Waals surface area contributed by atoms with Gasteiger partial charge in [-0.15, -0.1) is 0 Å². The number of hydrogen-bond donors (Lipinski definition) is 2. The summed E-state index contributed by atoms with van der Waals surface area (Å²) in [4.78, 5) is 14.3. The third-order valence-corrected chi connectivity index (χ3v) is 4.20. The van der Waals surface area contributed by atoms with Crippen LogP contribution in [0.15, 0.2) is 36.4 Å². The maximum absolute atomic E-state index is 12.6. The zero-order valence-corrected chi connectivity index (χ0v) is 11.8. The standard InChI is InChI=1S/C17H19NO3/c19-11-12-4-3-9-18(10-12)17(21)15-8-7-13-5-1-2-6-14(13)16(15)20/h1-2,5-8,12,19-20H,3-4,9-11H2. The van der Waals surface area contributed by atoms with E-state index in [2.05, 4.69) is 0 Å². The minimum Gasteiger partial charge on any atom is -0.506 e. The Morgan fingerprint density at radius 3 is 2.86 bits per heavy atom. The number of likely N-dealkylation sites (tertiary alicyclic amines) is 1. The Kier molecular flexibility index (Phi) is 3.80. The van der Waals surface area contributed by atoms with Gasteiger partial charge in [-0.3, -0.25) is 4.79 Å². The molecule has 0 aliphatic carbocycles. The molecule has 2 N–H and O–H groups in total. The van der Waals surface area contributed by atoms with Crippen molar-refractivity contribution in [2.45, 2.75) is 12.8 Å².